The maximum Gasteiger partial charge on any atom is 0.573 e. The minimum atomic E-state index is -4.70. The van der Waals surface area contributed by atoms with Crippen LogP contribution in [-0.4, -0.2) is 55.7 Å². The molecule has 1 unspecified atom stereocenters. The first-order valence-electron chi connectivity index (χ1n) is 9.34. The quantitative estimate of drug-likeness (QED) is 0.274. The SMILES string of the molecule is CCNC(=NCC(CO)Cc1ccc(OC(F)(F)F)cc1)NCCCCSC. The number of nitrogens with one attached hydrogen (secondary N) is 2. The highest BCUT2D eigenvalue weighted by Crippen LogP contribution is 2.23. The Labute approximate surface area is 169 Å². The van der Waals surface area contributed by atoms with Crippen molar-refractivity contribution in [3.8, 4) is 5.75 Å². The van der Waals surface area contributed by atoms with Crippen molar-refractivity contribution in [1.82, 2.24) is 10.6 Å². The predicted molar refractivity (Wildman–Crippen MR) is 109 cm³/mol. The number of aliphatic hydroxyl groups excluding tert-OH is 1. The van der Waals surface area contributed by atoms with Gasteiger partial charge in [0, 0.05) is 32.2 Å². The molecule has 1 rings (SSSR count). The third-order valence-corrected chi connectivity index (χ3v) is 4.56. The molecule has 0 heterocycles. The Morgan fingerprint density at radius 1 is 1.21 bits per heavy atom. The number of unbranched alkanes of at least 4 members (excludes halogenated alkanes) is 1. The molecule has 0 aliphatic carbocycles. The lowest BCUT2D eigenvalue weighted by Gasteiger charge is -2.15. The minimum absolute atomic E-state index is 0.0581. The lowest BCUT2D eigenvalue weighted by Crippen LogP contribution is -2.38. The van der Waals surface area contributed by atoms with Crippen LogP contribution >= 0.6 is 11.8 Å². The van der Waals surface area contributed by atoms with Crippen LogP contribution in [0.3, 0.4) is 0 Å². The summed E-state index contributed by atoms with van der Waals surface area (Å²) < 4.78 is 40.5. The second-order valence-electron chi connectivity index (χ2n) is 6.29. The molecule has 0 radical (unpaired) electrons. The van der Waals surface area contributed by atoms with Gasteiger partial charge in [-0.3, -0.25) is 4.99 Å². The molecule has 5 nitrogen and oxygen atoms in total. The van der Waals surface area contributed by atoms with Crippen LogP contribution in [0.2, 0.25) is 0 Å². The van der Waals surface area contributed by atoms with Crippen LogP contribution in [0.5, 0.6) is 5.75 Å². The summed E-state index contributed by atoms with van der Waals surface area (Å²) in [6.45, 7) is 3.91. The molecular weight excluding hydrogens is 391 g/mol. The van der Waals surface area contributed by atoms with Gasteiger partial charge in [0.2, 0.25) is 0 Å². The first-order chi connectivity index (χ1) is 13.4. The van der Waals surface area contributed by atoms with Gasteiger partial charge in [-0.1, -0.05) is 12.1 Å². The fourth-order valence-corrected chi connectivity index (χ4v) is 2.98. The third-order valence-electron chi connectivity index (χ3n) is 3.86. The Balaban J connectivity index is 2.54. The molecule has 0 spiro atoms. The molecule has 0 aliphatic rings. The average Bonchev–Trinajstić information content (AvgIpc) is 2.64. The number of benzene rings is 1. The van der Waals surface area contributed by atoms with E-state index in [1.807, 2.05) is 18.7 Å². The topological polar surface area (TPSA) is 65.9 Å². The number of halogens is 3. The number of alkyl halides is 3. The van der Waals surface area contributed by atoms with E-state index >= 15 is 0 Å². The van der Waals surface area contributed by atoms with E-state index in [1.54, 1.807) is 12.1 Å². The summed E-state index contributed by atoms with van der Waals surface area (Å²) in [7, 11) is 0. The van der Waals surface area contributed by atoms with E-state index in [0.717, 1.165) is 37.2 Å². The zero-order valence-corrected chi connectivity index (χ0v) is 17.2. The summed E-state index contributed by atoms with van der Waals surface area (Å²) in [4.78, 5) is 4.52. The van der Waals surface area contributed by atoms with Gasteiger partial charge in [0.1, 0.15) is 5.75 Å². The van der Waals surface area contributed by atoms with Crippen molar-refractivity contribution >= 4 is 17.7 Å². The van der Waals surface area contributed by atoms with E-state index in [1.165, 1.54) is 12.1 Å². The van der Waals surface area contributed by atoms with Gasteiger partial charge < -0.3 is 20.5 Å². The molecule has 0 saturated carbocycles. The minimum Gasteiger partial charge on any atom is -0.406 e. The van der Waals surface area contributed by atoms with Crippen LogP contribution in [0.15, 0.2) is 29.3 Å². The van der Waals surface area contributed by atoms with Gasteiger partial charge in [-0.25, -0.2) is 0 Å². The number of thioether (sulfide) groups is 1. The molecule has 0 bridgehead atoms. The molecule has 0 fully saturated rings. The maximum absolute atomic E-state index is 12.2. The molecule has 1 aromatic rings. The standard InChI is InChI=1S/C19H30F3N3O2S/c1-3-23-18(24-10-4-5-11-28-2)25-13-16(14-26)12-15-6-8-17(9-7-15)27-19(20,21)22/h6-9,16,26H,3-5,10-14H2,1-2H3,(H2,23,24,25). The number of aliphatic hydroxyl groups is 1. The summed E-state index contributed by atoms with van der Waals surface area (Å²) in [6.07, 6.45) is 0.0983. The van der Waals surface area contributed by atoms with Crippen LogP contribution in [0.4, 0.5) is 13.2 Å². The molecule has 3 N–H and O–H groups in total. The largest absolute Gasteiger partial charge is 0.573 e. The molecular formula is C19H30F3N3O2S. The number of hydrogen-bond acceptors (Lipinski definition) is 4. The summed E-state index contributed by atoms with van der Waals surface area (Å²) in [5.74, 6) is 1.46. The Morgan fingerprint density at radius 2 is 1.93 bits per heavy atom. The number of ether oxygens (including phenoxy) is 1. The Bertz CT molecular complexity index is 569. The molecule has 0 amide bonds. The summed E-state index contributed by atoms with van der Waals surface area (Å²) in [6, 6.07) is 5.70. The van der Waals surface area contributed by atoms with Gasteiger partial charge >= 0.3 is 6.36 Å². The van der Waals surface area contributed by atoms with Crippen molar-refractivity contribution in [3.05, 3.63) is 29.8 Å². The molecule has 0 aromatic heterocycles. The number of rotatable bonds is 12. The van der Waals surface area contributed by atoms with E-state index in [9.17, 15) is 18.3 Å². The highest BCUT2D eigenvalue weighted by Gasteiger charge is 2.30. The number of guanidine groups is 1. The van der Waals surface area contributed by atoms with Gasteiger partial charge in [0.25, 0.3) is 0 Å². The highest BCUT2D eigenvalue weighted by atomic mass is 32.2. The normalized spacial score (nSPS) is 13.3. The van der Waals surface area contributed by atoms with Gasteiger partial charge in [0.05, 0.1) is 0 Å². The van der Waals surface area contributed by atoms with E-state index in [2.05, 4.69) is 26.6 Å². The van der Waals surface area contributed by atoms with Crippen molar-refractivity contribution in [2.24, 2.45) is 10.9 Å². The van der Waals surface area contributed by atoms with E-state index in [0.29, 0.717) is 18.9 Å². The lowest BCUT2D eigenvalue weighted by molar-refractivity contribution is -0.274. The molecule has 28 heavy (non-hydrogen) atoms. The van der Waals surface area contributed by atoms with Crippen molar-refractivity contribution in [2.75, 3.05) is 38.2 Å². The summed E-state index contributed by atoms with van der Waals surface area (Å²) in [5, 5.41) is 16.1. The Morgan fingerprint density at radius 3 is 2.50 bits per heavy atom. The second kappa shape index (κ2) is 13.5. The number of nitrogens with zero attached hydrogens (tertiary/aromatic N) is 1. The maximum atomic E-state index is 12.2. The van der Waals surface area contributed by atoms with Crippen molar-refractivity contribution < 1.29 is 23.0 Å². The summed E-state index contributed by atoms with van der Waals surface area (Å²) >= 11 is 1.83. The van der Waals surface area contributed by atoms with Gasteiger partial charge in [-0.15, -0.1) is 13.2 Å². The van der Waals surface area contributed by atoms with Crippen molar-refractivity contribution in [2.45, 2.75) is 32.5 Å². The Kier molecular flexibility index (Phi) is 11.8. The smallest absolute Gasteiger partial charge is 0.406 e. The molecule has 9 heteroatoms. The first kappa shape index (κ1) is 24.4. The fraction of sp³-hybridized carbons (Fsp3) is 0.632. The molecule has 160 valence electrons. The lowest BCUT2D eigenvalue weighted by atomic mass is 10.0. The molecule has 1 atom stereocenters. The zero-order valence-electron chi connectivity index (χ0n) is 16.4. The highest BCUT2D eigenvalue weighted by molar-refractivity contribution is 7.98. The van der Waals surface area contributed by atoms with Crippen LogP contribution in [-0.2, 0) is 6.42 Å². The average molecular weight is 422 g/mol. The van der Waals surface area contributed by atoms with Crippen molar-refractivity contribution in [3.63, 3.8) is 0 Å². The molecule has 1 aromatic carbocycles. The molecule has 0 saturated heterocycles. The first-order valence-corrected chi connectivity index (χ1v) is 10.7. The van der Waals surface area contributed by atoms with Crippen molar-refractivity contribution in [1.29, 1.82) is 0 Å². The zero-order chi connectivity index (χ0) is 20.8. The predicted octanol–water partition coefficient (Wildman–Crippen LogP) is 3.43. The van der Waals surface area contributed by atoms with E-state index < -0.39 is 6.36 Å². The van der Waals surface area contributed by atoms with Crippen LogP contribution in [0.1, 0.15) is 25.3 Å². The van der Waals surface area contributed by atoms with E-state index in [-0.39, 0.29) is 18.3 Å². The van der Waals surface area contributed by atoms with E-state index in [4.69, 9.17) is 0 Å². The summed E-state index contributed by atoms with van der Waals surface area (Å²) in [5.41, 5.74) is 0.818. The molecule has 0 aliphatic heterocycles. The third kappa shape index (κ3) is 11.3. The second-order valence-corrected chi connectivity index (χ2v) is 7.28. The van der Waals surface area contributed by atoms with Crippen LogP contribution in [0, 0.1) is 5.92 Å². The van der Waals surface area contributed by atoms with Gasteiger partial charge in [0.15, 0.2) is 5.96 Å². The number of hydrogen-bond donors (Lipinski definition) is 3. The number of aliphatic imine (C=N–C) groups is 1. The monoisotopic (exact) mass is 421 g/mol. The van der Waals surface area contributed by atoms with Gasteiger partial charge in [-0.05, 0) is 55.9 Å². The van der Waals surface area contributed by atoms with Crippen LogP contribution < -0.4 is 15.4 Å². The fourth-order valence-electron chi connectivity index (χ4n) is 2.49. The van der Waals surface area contributed by atoms with Gasteiger partial charge in [-0.2, -0.15) is 11.8 Å². The Hall–Kier alpha value is -1.61. The van der Waals surface area contributed by atoms with Crippen LogP contribution in [0.25, 0.3) is 0 Å².